The highest BCUT2D eigenvalue weighted by Crippen LogP contribution is 2.33. The summed E-state index contributed by atoms with van der Waals surface area (Å²) in [7, 11) is 0. The van der Waals surface area contributed by atoms with E-state index in [1.54, 1.807) is 4.90 Å². The van der Waals surface area contributed by atoms with Crippen molar-refractivity contribution in [3.8, 4) is 0 Å². The number of alkyl halides is 3. The molecule has 1 saturated carbocycles. The molecule has 1 aliphatic carbocycles. The van der Waals surface area contributed by atoms with Crippen molar-refractivity contribution in [2.75, 3.05) is 18.0 Å². The average molecular weight is 273 g/mol. The third kappa shape index (κ3) is 3.87. The van der Waals surface area contributed by atoms with Gasteiger partial charge < -0.3 is 10.0 Å². The number of anilines is 1. The summed E-state index contributed by atoms with van der Waals surface area (Å²) in [4.78, 5) is 12.4. The predicted octanol–water partition coefficient (Wildman–Crippen LogP) is 3.01. The Hall–Kier alpha value is -1.72. The molecule has 19 heavy (non-hydrogen) atoms. The van der Waals surface area contributed by atoms with E-state index >= 15 is 0 Å². The van der Waals surface area contributed by atoms with Crippen molar-refractivity contribution < 1.29 is 23.1 Å². The molecule has 0 aromatic heterocycles. The number of benzene rings is 1. The van der Waals surface area contributed by atoms with E-state index in [-0.39, 0.29) is 6.54 Å². The molecule has 1 aromatic carbocycles. The molecule has 0 aliphatic heterocycles. The maximum absolute atomic E-state index is 12.4. The predicted molar refractivity (Wildman–Crippen MR) is 64.0 cm³/mol. The normalized spacial score (nSPS) is 15.3. The first kappa shape index (κ1) is 13.7. The van der Waals surface area contributed by atoms with E-state index in [9.17, 15) is 18.0 Å². The number of hydrogen-bond donors (Lipinski definition) is 1. The zero-order valence-electron chi connectivity index (χ0n) is 10.2. The lowest BCUT2D eigenvalue weighted by molar-refractivity contribution is -0.138. The van der Waals surface area contributed by atoms with Crippen molar-refractivity contribution in [3.05, 3.63) is 29.8 Å². The van der Waals surface area contributed by atoms with Crippen LogP contribution in [0.4, 0.5) is 18.9 Å². The molecule has 2 rings (SSSR count). The molecule has 1 fully saturated rings. The Morgan fingerprint density at radius 1 is 1.26 bits per heavy atom. The summed E-state index contributed by atoms with van der Waals surface area (Å²) in [6, 6.07) is 4.62. The van der Waals surface area contributed by atoms with Crippen LogP contribution in [0, 0.1) is 5.92 Å². The van der Waals surface area contributed by atoms with E-state index < -0.39 is 17.7 Å². The van der Waals surface area contributed by atoms with Crippen LogP contribution >= 0.6 is 0 Å². The third-order valence-electron chi connectivity index (χ3n) is 3.06. The van der Waals surface area contributed by atoms with Gasteiger partial charge in [-0.3, -0.25) is 4.79 Å². The minimum absolute atomic E-state index is 0.193. The number of nitrogens with zero attached hydrogens (tertiary/aromatic N) is 1. The van der Waals surface area contributed by atoms with Crippen LogP contribution in [0.2, 0.25) is 0 Å². The Morgan fingerprint density at radius 2 is 1.84 bits per heavy atom. The molecule has 0 saturated heterocycles. The van der Waals surface area contributed by atoms with Crippen molar-refractivity contribution in [3.63, 3.8) is 0 Å². The van der Waals surface area contributed by atoms with Crippen molar-refractivity contribution in [1.82, 2.24) is 0 Å². The Balaban J connectivity index is 2.13. The lowest BCUT2D eigenvalue weighted by Crippen LogP contribution is -2.31. The van der Waals surface area contributed by atoms with Crippen molar-refractivity contribution in [2.45, 2.75) is 19.0 Å². The molecule has 0 atom stereocenters. The quantitative estimate of drug-likeness (QED) is 0.896. The SMILES string of the molecule is O=C(O)CN(CC1CC1)c1ccc(C(F)(F)F)cc1. The van der Waals surface area contributed by atoms with E-state index in [1.807, 2.05) is 0 Å². The summed E-state index contributed by atoms with van der Waals surface area (Å²) in [6.45, 7) is 0.388. The summed E-state index contributed by atoms with van der Waals surface area (Å²) in [5, 5.41) is 8.84. The second kappa shape index (κ2) is 5.11. The van der Waals surface area contributed by atoms with Gasteiger partial charge in [0, 0.05) is 12.2 Å². The maximum Gasteiger partial charge on any atom is 0.416 e. The molecule has 0 radical (unpaired) electrons. The molecule has 1 aliphatic rings. The second-order valence-corrected chi connectivity index (χ2v) is 4.76. The van der Waals surface area contributed by atoms with Crippen molar-refractivity contribution in [2.24, 2.45) is 5.92 Å². The zero-order chi connectivity index (χ0) is 14.0. The average Bonchev–Trinajstić information content (AvgIpc) is 3.10. The summed E-state index contributed by atoms with van der Waals surface area (Å²) in [5.74, 6) is -0.526. The van der Waals surface area contributed by atoms with Gasteiger partial charge in [-0.15, -0.1) is 0 Å². The molecule has 1 N–H and O–H groups in total. The van der Waals surface area contributed by atoms with E-state index in [4.69, 9.17) is 5.11 Å². The largest absolute Gasteiger partial charge is 0.480 e. The zero-order valence-corrected chi connectivity index (χ0v) is 10.2. The fraction of sp³-hybridized carbons (Fsp3) is 0.462. The molecule has 0 bridgehead atoms. The molecule has 0 unspecified atom stereocenters. The van der Waals surface area contributed by atoms with Gasteiger partial charge in [0.1, 0.15) is 6.54 Å². The van der Waals surface area contributed by atoms with Gasteiger partial charge in [0.2, 0.25) is 0 Å². The van der Waals surface area contributed by atoms with Crippen LogP contribution in [-0.2, 0) is 11.0 Å². The Kier molecular flexibility index (Phi) is 3.68. The summed E-state index contributed by atoms with van der Waals surface area (Å²) in [5.41, 5.74) is -0.208. The minimum Gasteiger partial charge on any atom is -0.480 e. The van der Waals surface area contributed by atoms with Crippen LogP contribution in [-0.4, -0.2) is 24.2 Å². The topological polar surface area (TPSA) is 40.5 Å². The second-order valence-electron chi connectivity index (χ2n) is 4.76. The van der Waals surface area contributed by atoms with Crippen LogP contribution < -0.4 is 4.90 Å². The Bertz CT molecular complexity index is 452. The number of carboxylic acid groups (broad SMARTS) is 1. The van der Waals surface area contributed by atoms with E-state index in [2.05, 4.69) is 0 Å². The lowest BCUT2D eigenvalue weighted by Gasteiger charge is -2.23. The van der Waals surface area contributed by atoms with Gasteiger partial charge in [0.25, 0.3) is 0 Å². The molecule has 0 heterocycles. The van der Waals surface area contributed by atoms with E-state index in [0.717, 1.165) is 25.0 Å². The van der Waals surface area contributed by atoms with Crippen LogP contribution in [0.15, 0.2) is 24.3 Å². The van der Waals surface area contributed by atoms with Gasteiger partial charge in [0.05, 0.1) is 5.56 Å². The Labute approximate surface area is 108 Å². The van der Waals surface area contributed by atoms with Crippen LogP contribution in [0.1, 0.15) is 18.4 Å². The van der Waals surface area contributed by atoms with E-state index in [0.29, 0.717) is 18.2 Å². The number of halogens is 3. The molecular formula is C13H14F3NO2. The molecule has 3 nitrogen and oxygen atoms in total. The number of carbonyl (C=O) groups is 1. The van der Waals surface area contributed by atoms with Crippen LogP contribution in [0.3, 0.4) is 0 Å². The smallest absolute Gasteiger partial charge is 0.416 e. The molecule has 1 aromatic rings. The van der Waals surface area contributed by atoms with Gasteiger partial charge in [0.15, 0.2) is 0 Å². The summed E-state index contributed by atoms with van der Waals surface area (Å²) >= 11 is 0. The van der Waals surface area contributed by atoms with Crippen molar-refractivity contribution >= 4 is 11.7 Å². The molecule has 6 heteroatoms. The fourth-order valence-corrected chi connectivity index (χ4v) is 1.90. The standard InChI is InChI=1S/C13H14F3NO2/c14-13(15,16)10-3-5-11(6-4-10)17(8-12(18)19)7-9-1-2-9/h3-6,9H,1-2,7-8H2,(H,18,19). The third-order valence-corrected chi connectivity index (χ3v) is 3.06. The van der Waals surface area contributed by atoms with E-state index in [1.165, 1.54) is 12.1 Å². The fourth-order valence-electron chi connectivity index (χ4n) is 1.90. The lowest BCUT2D eigenvalue weighted by atomic mass is 10.2. The number of carboxylic acids is 1. The van der Waals surface area contributed by atoms with Crippen molar-refractivity contribution in [1.29, 1.82) is 0 Å². The van der Waals surface area contributed by atoms with Gasteiger partial charge in [-0.05, 0) is 43.0 Å². The van der Waals surface area contributed by atoms with Gasteiger partial charge in [-0.25, -0.2) is 0 Å². The molecule has 0 spiro atoms. The highest BCUT2D eigenvalue weighted by Gasteiger charge is 2.30. The van der Waals surface area contributed by atoms with Crippen LogP contribution in [0.25, 0.3) is 0 Å². The molecule has 104 valence electrons. The summed E-state index contributed by atoms with van der Waals surface area (Å²) < 4.78 is 37.3. The first-order valence-electron chi connectivity index (χ1n) is 6.00. The maximum atomic E-state index is 12.4. The monoisotopic (exact) mass is 273 g/mol. The molecular weight excluding hydrogens is 259 g/mol. The number of hydrogen-bond acceptors (Lipinski definition) is 2. The Morgan fingerprint density at radius 3 is 2.26 bits per heavy atom. The summed E-state index contributed by atoms with van der Waals surface area (Å²) in [6.07, 6.45) is -2.26. The highest BCUT2D eigenvalue weighted by atomic mass is 19.4. The van der Waals surface area contributed by atoms with Gasteiger partial charge in [-0.1, -0.05) is 0 Å². The number of rotatable bonds is 5. The van der Waals surface area contributed by atoms with Gasteiger partial charge >= 0.3 is 12.1 Å². The minimum atomic E-state index is -4.37. The van der Waals surface area contributed by atoms with Gasteiger partial charge in [-0.2, -0.15) is 13.2 Å². The first-order chi connectivity index (χ1) is 8.86. The molecule has 0 amide bonds. The number of aliphatic carboxylic acids is 1. The van der Waals surface area contributed by atoms with Crippen LogP contribution in [0.5, 0.6) is 0 Å². The first-order valence-corrected chi connectivity index (χ1v) is 6.00. The highest BCUT2D eigenvalue weighted by molar-refractivity contribution is 5.73.